The van der Waals surface area contributed by atoms with Crippen LogP contribution >= 0.6 is 23.1 Å². The zero-order valence-corrected chi connectivity index (χ0v) is 17.6. The highest BCUT2D eigenvalue weighted by Gasteiger charge is 2.09. The van der Waals surface area contributed by atoms with Crippen molar-refractivity contribution in [3.8, 4) is 16.3 Å². The van der Waals surface area contributed by atoms with Gasteiger partial charge < -0.3 is 9.47 Å². The molecule has 3 aromatic rings. The van der Waals surface area contributed by atoms with Crippen molar-refractivity contribution in [3.63, 3.8) is 0 Å². The second-order valence-electron chi connectivity index (χ2n) is 6.20. The predicted molar refractivity (Wildman–Crippen MR) is 116 cm³/mol. The fraction of sp³-hybridized carbons (Fsp3) is 0.273. The molecule has 0 aliphatic rings. The highest BCUT2D eigenvalue weighted by atomic mass is 32.2. The summed E-state index contributed by atoms with van der Waals surface area (Å²) in [5, 5.41) is 1.05. The van der Waals surface area contributed by atoms with E-state index < -0.39 is 0 Å². The molecule has 0 unspecified atom stereocenters. The average Bonchev–Trinajstić information content (AvgIpc) is 3.09. The van der Waals surface area contributed by atoms with Crippen molar-refractivity contribution in [2.45, 2.75) is 19.1 Å². The summed E-state index contributed by atoms with van der Waals surface area (Å²) in [6, 6.07) is 18.2. The normalized spacial score (nSPS) is 10.6. The third kappa shape index (κ3) is 5.84. The molecule has 0 radical (unpaired) electrons. The van der Waals surface area contributed by atoms with Crippen LogP contribution in [0.1, 0.15) is 16.1 Å². The highest BCUT2D eigenvalue weighted by Crippen LogP contribution is 2.27. The standard InChI is InChI=1S/C22H23NO3S2/c1-16-20(23-22(28-16)18-8-4-3-5-9-18)11-12-26-19-10-6-7-17(13-19)14-27-15-21(24)25-2/h3-10,13H,11-12,14-15H2,1-2H3. The number of aromatic nitrogens is 1. The Balaban J connectivity index is 1.52. The van der Waals surface area contributed by atoms with E-state index in [1.807, 2.05) is 42.5 Å². The van der Waals surface area contributed by atoms with Crippen molar-refractivity contribution < 1.29 is 14.3 Å². The van der Waals surface area contributed by atoms with Gasteiger partial charge in [-0.2, -0.15) is 0 Å². The van der Waals surface area contributed by atoms with Gasteiger partial charge in [-0.3, -0.25) is 4.79 Å². The Morgan fingerprint density at radius 2 is 1.96 bits per heavy atom. The second kappa shape index (κ2) is 10.3. The van der Waals surface area contributed by atoms with Gasteiger partial charge in [0.05, 0.1) is 25.2 Å². The van der Waals surface area contributed by atoms with Crippen molar-refractivity contribution in [1.82, 2.24) is 4.98 Å². The minimum Gasteiger partial charge on any atom is -0.493 e. The number of hydrogen-bond acceptors (Lipinski definition) is 6. The minimum atomic E-state index is -0.203. The number of thiazole rings is 1. The Labute approximate surface area is 173 Å². The summed E-state index contributed by atoms with van der Waals surface area (Å²) in [5.74, 6) is 1.74. The molecule has 0 amide bonds. The third-order valence-electron chi connectivity index (χ3n) is 4.14. The first-order chi connectivity index (χ1) is 13.7. The van der Waals surface area contributed by atoms with Crippen molar-refractivity contribution >= 4 is 29.1 Å². The van der Waals surface area contributed by atoms with E-state index in [1.165, 1.54) is 23.7 Å². The second-order valence-corrected chi connectivity index (χ2v) is 8.39. The molecule has 0 aliphatic heterocycles. The molecule has 0 N–H and O–H groups in total. The van der Waals surface area contributed by atoms with Gasteiger partial charge in [0.15, 0.2) is 0 Å². The number of rotatable bonds is 9. The first-order valence-electron chi connectivity index (χ1n) is 9.03. The van der Waals surface area contributed by atoms with Crippen molar-refractivity contribution in [2.75, 3.05) is 19.5 Å². The smallest absolute Gasteiger partial charge is 0.315 e. The Hall–Kier alpha value is -2.31. The number of carbonyl (C=O) groups excluding carboxylic acids is 1. The SMILES string of the molecule is COC(=O)CSCc1cccc(OCCc2nc(-c3ccccc3)sc2C)c1. The molecule has 2 aromatic carbocycles. The molecular formula is C22H23NO3S2. The molecule has 4 nitrogen and oxygen atoms in total. The zero-order valence-electron chi connectivity index (χ0n) is 16.0. The summed E-state index contributed by atoms with van der Waals surface area (Å²) in [7, 11) is 1.41. The topological polar surface area (TPSA) is 48.4 Å². The molecule has 0 saturated carbocycles. The molecule has 0 bridgehead atoms. The third-order valence-corrected chi connectivity index (χ3v) is 6.18. The Bertz CT molecular complexity index is 909. The number of thioether (sulfide) groups is 1. The first-order valence-corrected chi connectivity index (χ1v) is 11.0. The molecule has 28 heavy (non-hydrogen) atoms. The van der Waals surface area contributed by atoms with Crippen molar-refractivity contribution in [3.05, 3.63) is 70.7 Å². The van der Waals surface area contributed by atoms with Crippen LogP contribution in [0.5, 0.6) is 5.75 Å². The predicted octanol–water partition coefficient (Wildman–Crippen LogP) is 5.15. The fourth-order valence-electron chi connectivity index (χ4n) is 2.67. The van der Waals surface area contributed by atoms with Gasteiger partial charge in [-0.25, -0.2) is 4.98 Å². The lowest BCUT2D eigenvalue weighted by atomic mass is 10.2. The lowest BCUT2D eigenvalue weighted by Crippen LogP contribution is -2.04. The van der Waals surface area contributed by atoms with E-state index in [2.05, 4.69) is 23.8 Å². The maximum Gasteiger partial charge on any atom is 0.315 e. The largest absolute Gasteiger partial charge is 0.493 e. The quantitative estimate of drug-likeness (QED) is 0.454. The van der Waals surface area contributed by atoms with Crippen LogP contribution in [-0.2, 0) is 21.7 Å². The number of benzene rings is 2. The Morgan fingerprint density at radius 3 is 2.75 bits per heavy atom. The number of methoxy groups -OCH3 is 1. The molecule has 0 spiro atoms. The number of nitrogens with zero attached hydrogens (tertiary/aromatic N) is 1. The molecule has 6 heteroatoms. The summed E-state index contributed by atoms with van der Waals surface area (Å²) < 4.78 is 10.6. The summed E-state index contributed by atoms with van der Waals surface area (Å²) in [6.07, 6.45) is 0.774. The van der Waals surface area contributed by atoms with E-state index in [9.17, 15) is 4.79 Å². The van der Waals surface area contributed by atoms with Gasteiger partial charge in [0, 0.05) is 22.6 Å². The maximum atomic E-state index is 11.2. The number of esters is 1. The maximum absolute atomic E-state index is 11.2. The Kier molecular flexibility index (Phi) is 7.51. The zero-order chi connectivity index (χ0) is 19.8. The van der Waals surface area contributed by atoms with Crippen LogP contribution in [0.4, 0.5) is 0 Å². The monoisotopic (exact) mass is 413 g/mol. The van der Waals surface area contributed by atoms with Gasteiger partial charge in [0.1, 0.15) is 10.8 Å². The van der Waals surface area contributed by atoms with Gasteiger partial charge in [0.2, 0.25) is 0 Å². The van der Waals surface area contributed by atoms with E-state index in [1.54, 1.807) is 11.3 Å². The molecule has 1 heterocycles. The molecule has 0 fully saturated rings. The van der Waals surface area contributed by atoms with Crippen molar-refractivity contribution in [2.24, 2.45) is 0 Å². The van der Waals surface area contributed by atoms with Crippen LogP contribution in [0.15, 0.2) is 54.6 Å². The van der Waals surface area contributed by atoms with E-state index in [-0.39, 0.29) is 5.97 Å². The van der Waals surface area contributed by atoms with E-state index in [0.29, 0.717) is 12.4 Å². The summed E-state index contributed by atoms with van der Waals surface area (Å²) in [6.45, 7) is 2.69. The first kappa shape index (κ1) is 20.4. The number of carbonyl (C=O) groups is 1. The van der Waals surface area contributed by atoms with E-state index >= 15 is 0 Å². The van der Waals surface area contributed by atoms with Crippen LogP contribution in [0.25, 0.3) is 10.6 Å². The molecule has 146 valence electrons. The van der Waals surface area contributed by atoms with Crippen molar-refractivity contribution in [1.29, 1.82) is 0 Å². The lowest BCUT2D eigenvalue weighted by molar-refractivity contribution is -0.137. The van der Waals surface area contributed by atoms with E-state index in [0.717, 1.165) is 39.8 Å². The minimum absolute atomic E-state index is 0.203. The highest BCUT2D eigenvalue weighted by molar-refractivity contribution is 7.99. The molecule has 1 aromatic heterocycles. The van der Waals surface area contributed by atoms with Crippen LogP contribution in [0.3, 0.4) is 0 Å². The lowest BCUT2D eigenvalue weighted by Gasteiger charge is -2.08. The Morgan fingerprint density at radius 1 is 1.14 bits per heavy atom. The van der Waals surface area contributed by atoms with Crippen LogP contribution in [-0.4, -0.2) is 30.4 Å². The average molecular weight is 414 g/mol. The molecule has 0 atom stereocenters. The van der Waals surface area contributed by atoms with Gasteiger partial charge in [0.25, 0.3) is 0 Å². The summed E-state index contributed by atoms with van der Waals surface area (Å²) in [5.41, 5.74) is 3.37. The fourth-order valence-corrected chi connectivity index (χ4v) is 4.43. The van der Waals surface area contributed by atoms with Gasteiger partial charge in [-0.1, -0.05) is 42.5 Å². The number of aryl methyl sites for hydroxylation is 1. The molecule has 0 saturated heterocycles. The molecule has 3 rings (SSSR count). The number of hydrogen-bond donors (Lipinski definition) is 0. The van der Waals surface area contributed by atoms with Gasteiger partial charge >= 0.3 is 5.97 Å². The van der Waals surface area contributed by atoms with Crippen LogP contribution in [0.2, 0.25) is 0 Å². The van der Waals surface area contributed by atoms with Crippen LogP contribution < -0.4 is 4.74 Å². The molecular weight excluding hydrogens is 390 g/mol. The summed E-state index contributed by atoms with van der Waals surface area (Å²) in [4.78, 5) is 17.2. The molecule has 0 aliphatic carbocycles. The van der Waals surface area contributed by atoms with Gasteiger partial charge in [-0.15, -0.1) is 23.1 Å². The van der Waals surface area contributed by atoms with E-state index in [4.69, 9.17) is 9.72 Å². The number of ether oxygens (including phenoxy) is 2. The van der Waals surface area contributed by atoms with Crippen LogP contribution in [0, 0.1) is 6.92 Å². The van der Waals surface area contributed by atoms with Gasteiger partial charge in [-0.05, 0) is 24.6 Å². The summed E-state index contributed by atoms with van der Waals surface area (Å²) >= 11 is 3.25.